The Balaban J connectivity index is 1.37. The summed E-state index contributed by atoms with van der Waals surface area (Å²) in [7, 11) is 0. The molecule has 1 aliphatic heterocycles. The Kier molecular flexibility index (Phi) is 9.10. The van der Waals surface area contributed by atoms with Crippen molar-refractivity contribution in [1.82, 2.24) is 14.8 Å². The van der Waals surface area contributed by atoms with Crippen molar-refractivity contribution in [2.45, 2.75) is 77.1 Å². The molecule has 2 aliphatic rings. The molecular weight excluding hydrogens is 550 g/mol. The van der Waals surface area contributed by atoms with E-state index in [1.807, 2.05) is 90.7 Å². The molecule has 6 rings (SSSR count). The molecule has 1 saturated heterocycles. The lowest BCUT2D eigenvalue weighted by Crippen LogP contribution is -2.55. The number of ether oxygens (including phenoxy) is 1. The van der Waals surface area contributed by atoms with E-state index in [1.165, 1.54) is 0 Å². The van der Waals surface area contributed by atoms with E-state index in [-0.39, 0.29) is 36.6 Å². The number of nitrogens with zero attached hydrogens (tertiary/aromatic N) is 2. The second-order valence-electron chi connectivity index (χ2n) is 12.3. The summed E-state index contributed by atoms with van der Waals surface area (Å²) in [5, 5.41) is 0.944. The number of piperidine rings is 1. The molecule has 7 nitrogen and oxygen atoms in total. The fourth-order valence-corrected chi connectivity index (χ4v) is 6.98. The first-order valence-corrected chi connectivity index (χ1v) is 15.9. The summed E-state index contributed by atoms with van der Waals surface area (Å²) in [6.45, 7) is 2.93. The Bertz CT molecular complexity index is 1650. The van der Waals surface area contributed by atoms with Crippen LogP contribution in [0.15, 0.2) is 89.7 Å². The third-order valence-electron chi connectivity index (χ3n) is 9.24. The first-order chi connectivity index (χ1) is 21.5. The van der Waals surface area contributed by atoms with Gasteiger partial charge in [0.05, 0.1) is 18.6 Å². The van der Waals surface area contributed by atoms with Crippen molar-refractivity contribution >= 4 is 22.9 Å². The molecule has 3 aromatic carbocycles. The summed E-state index contributed by atoms with van der Waals surface area (Å²) in [5.74, 6) is 0.00115. The van der Waals surface area contributed by atoms with Crippen LogP contribution in [-0.2, 0) is 22.7 Å². The number of nitrogens with one attached hydrogen (secondary N) is 1. The van der Waals surface area contributed by atoms with Crippen LogP contribution in [0.1, 0.15) is 73.2 Å². The fraction of sp³-hybridized carbons (Fsp3) is 0.378. The topological polar surface area (TPSA) is 82.7 Å². The highest BCUT2D eigenvalue weighted by Gasteiger charge is 2.42. The Labute approximate surface area is 258 Å². The van der Waals surface area contributed by atoms with Crippen LogP contribution in [0.2, 0.25) is 0 Å². The van der Waals surface area contributed by atoms with Gasteiger partial charge >= 0.3 is 6.09 Å². The number of hydrogen-bond donors (Lipinski definition) is 1. The summed E-state index contributed by atoms with van der Waals surface area (Å²) in [6, 6.07) is 26.8. The van der Waals surface area contributed by atoms with E-state index in [1.54, 1.807) is 4.90 Å². The minimum absolute atomic E-state index is 0.0811. The molecule has 2 unspecified atom stereocenters. The molecular formula is C37H41N3O4. The molecule has 0 spiro atoms. The van der Waals surface area contributed by atoms with E-state index in [0.717, 1.165) is 72.5 Å². The van der Waals surface area contributed by atoms with E-state index in [0.29, 0.717) is 12.1 Å². The molecule has 2 heterocycles. The standard InChI is InChI=1S/C37H41N3O4/c1-26-19-20-32-30(22-26)23-31(35(41)38-32)24-40(36(42)29-16-9-4-10-17-29)33-18-11-21-39(34(33)28-14-7-3-8-15-28)37(43)44-25-27-12-5-2-6-13-27/h2-3,5-8,12-15,19-20,22-23,29,33-34H,4,9-11,16-18,21,24-25H2,1H3,(H,38,41). The number of aromatic amines is 1. The van der Waals surface area contributed by atoms with Gasteiger partial charge in [-0.3, -0.25) is 14.5 Å². The van der Waals surface area contributed by atoms with Crippen molar-refractivity contribution in [1.29, 1.82) is 0 Å². The van der Waals surface area contributed by atoms with Gasteiger partial charge in [0, 0.05) is 23.5 Å². The number of H-pyrrole nitrogens is 1. The predicted octanol–water partition coefficient (Wildman–Crippen LogP) is 7.29. The van der Waals surface area contributed by atoms with E-state index < -0.39 is 12.1 Å². The Morgan fingerprint density at radius 1 is 0.886 bits per heavy atom. The molecule has 4 aromatic rings. The van der Waals surface area contributed by atoms with Gasteiger partial charge in [-0.05, 0) is 67.3 Å². The van der Waals surface area contributed by atoms with Crippen molar-refractivity contribution < 1.29 is 14.3 Å². The van der Waals surface area contributed by atoms with E-state index in [9.17, 15) is 14.4 Å². The molecule has 7 heteroatoms. The molecule has 0 bridgehead atoms. The predicted molar refractivity (Wildman–Crippen MR) is 172 cm³/mol. The molecule has 2 atom stereocenters. The summed E-state index contributed by atoms with van der Waals surface area (Å²) in [6.07, 6.45) is 5.99. The summed E-state index contributed by atoms with van der Waals surface area (Å²) in [5.41, 5.74) is 4.13. The minimum Gasteiger partial charge on any atom is -0.445 e. The Morgan fingerprint density at radius 2 is 1.61 bits per heavy atom. The maximum absolute atomic E-state index is 14.5. The third kappa shape index (κ3) is 6.57. The highest BCUT2D eigenvalue weighted by molar-refractivity contribution is 5.81. The Hall–Kier alpha value is -4.39. The van der Waals surface area contributed by atoms with Gasteiger partial charge in [-0.15, -0.1) is 0 Å². The van der Waals surface area contributed by atoms with Crippen LogP contribution >= 0.6 is 0 Å². The molecule has 228 valence electrons. The number of likely N-dealkylation sites (tertiary alicyclic amines) is 1. The van der Waals surface area contributed by atoms with Gasteiger partial charge in [0.15, 0.2) is 0 Å². The lowest BCUT2D eigenvalue weighted by molar-refractivity contribution is -0.142. The first-order valence-electron chi connectivity index (χ1n) is 15.9. The molecule has 1 aromatic heterocycles. The quantitative estimate of drug-likeness (QED) is 0.245. The first kappa shape index (κ1) is 29.7. The number of pyridine rings is 1. The molecule has 44 heavy (non-hydrogen) atoms. The van der Waals surface area contributed by atoms with Crippen molar-refractivity contribution in [3.8, 4) is 0 Å². The van der Waals surface area contributed by atoms with Gasteiger partial charge in [0.2, 0.25) is 5.91 Å². The number of fused-ring (bicyclic) bond motifs is 1. The maximum atomic E-state index is 14.5. The average Bonchev–Trinajstić information content (AvgIpc) is 3.07. The van der Waals surface area contributed by atoms with Crippen LogP contribution in [0.4, 0.5) is 4.79 Å². The number of rotatable bonds is 7. The van der Waals surface area contributed by atoms with Crippen LogP contribution in [-0.4, -0.2) is 39.4 Å². The van der Waals surface area contributed by atoms with Crippen LogP contribution in [0, 0.1) is 12.8 Å². The molecule has 0 radical (unpaired) electrons. The highest BCUT2D eigenvalue weighted by atomic mass is 16.6. The summed E-state index contributed by atoms with van der Waals surface area (Å²) < 4.78 is 5.85. The van der Waals surface area contributed by atoms with Crippen molar-refractivity contribution in [3.05, 3.63) is 118 Å². The van der Waals surface area contributed by atoms with Crippen molar-refractivity contribution in [2.24, 2.45) is 5.92 Å². The average molecular weight is 592 g/mol. The molecule has 1 aliphatic carbocycles. The molecule has 1 N–H and O–H groups in total. The van der Waals surface area contributed by atoms with E-state index >= 15 is 0 Å². The van der Waals surface area contributed by atoms with Crippen LogP contribution in [0.25, 0.3) is 10.9 Å². The number of amides is 2. The zero-order chi connectivity index (χ0) is 30.5. The van der Waals surface area contributed by atoms with E-state index in [2.05, 4.69) is 11.1 Å². The van der Waals surface area contributed by atoms with Gasteiger partial charge in [0.25, 0.3) is 5.56 Å². The zero-order valence-electron chi connectivity index (χ0n) is 25.4. The Morgan fingerprint density at radius 3 is 2.36 bits per heavy atom. The van der Waals surface area contributed by atoms with Crippen LogP contribution < -0.4 is 5.56 Å². The number of carbonyl (C=O) groups excluding carboxylic acids is 2. The lowest BCUT2D eigenvalue weighted by atomic mass is 9.85. The molecule has 1 saturated carbocycles. The second kappa shape index (κ2) is 13.5. The SMILES string of the molecule is Cc1ccc2[nH]c(=O)c(CN(C(=O)C3CCCCC3)C3CCCN(C(=O)OCc4ccccc4)C3c3ccccc3)cc2c1. The molecule has 2 fully saturated rings. The van der Waals surface area contributed by atoms with Crippen molar-refractivity contribution in [3.63, 3.8) is 0 Å². The van der Waals surface area contributed by atoms with Crippen LogP contribution in [0.3, 0.4) is 0 Å². The van der Waals surface area contributed by atoms with Gasteiger partial charge in [-0.2, -0.15) is 0 Å². The smallest absolute Gasteiger partial charge is 0.410 e. The number of benzene rings is 3. The summed E-state index contributed by atoms with van der Waals surface area (Å²) in [4.78, 5) is 48.4. The number of carbonyl (C=O) groups is 2. The van der Waals surface area contributed by atoms with Gasteiger partial charge in [-0.1, -0.05) is 91.6 Å². The largest absolute Gasteiger partial charge is 0.445 e. The maximum Gasteiger partial charge on any atom is 0.410 e. The van der Waals surface area contributed by atoms with Gasteiger partial charge in [-0.25, -0.2) is 4.79 Å². The third-order valence-corrected chi connectivity index (χ3v) is 9.24. The summed E-state index contributed by atoms with van der Waals surface area (Å²) >= 11 is 0. The zero-order valence-corrected chi connectivity index (χ0v) is 25.4. The molecule has 2 amide bonds. The number of aryl methyl sites for hydroxylation is 1. The second-order valence-corrected chi connectivity index (χ2v) is 12.3. The van der Waals surface area contributed by atoms with Crippen molar-refractivity contribution in [2.75, 3.05) is 6.54 Å². The van der Waals surface area contributed by atoms with Crippen LogP contribution in [0.5, 0.6) is 0 Å². The van der Waals surface area contributed by atoms with Gasteiger partial charge in [0.1, 0.15) is 6.61 Å². The fourth-order valence-electron chi connectivity index (χ4n) is 6.98. The van der Waals surface area contributed by atoms with Gasteiger partial charge < -0.3 is 14.6 Å². The number of hydrogen-bond acceptors (Lipinski definition) is 4. The normalized spacial score (nSPS) is 19.1. The minimum atomic E-state index is -0.400. The monoisotopic (exact) mass is 591 g/mol. The highest BCUT2D eigenvalue weighted by Crippen LogP contribution is 2.38. The number of aromatic nitrogens is 1. The lowest BCUT2D eigenvalue weighted by Gasteiger charge is -2.46. The van der Waals surface area contributed by atoms with E-state index in [4.69, 9.17) is 4.74 Å².